The van der Waals surface area contributed by atoms with Crippen LogP contribution in [0.4, 0.5) is 0 Å². The predicted molar refractivity (Wildman–Crippen MR) is 307 cm³/mol. The van der Waals surface area contributed by atoms with Crippen molar-refractivity contribution in [1.29, 1.82) is 0 Å². The smallest absolute Gasteiger partial charge is 0.306 e. The van der Waals surface area contributed by atoms with E-state index in [-0.39, 0.29) is 37.5 Å². The fourth-order valence-electron chi connectivity index (χ4n) is 8.65. The van der Waals surface area contributed by atoms with Gasteiger partial charge in [-0.3, -0.25) is 14.4 Å². The largest absolute Gasteiger partial charge is 0.462 e. The van der Waals surface area contributed by atoms with Crippen LogP contribution in [-0.4, -0.2) is 37.2 Å². The Labute approximate surface area is 440 Å². The first kappa shape index (κ1) is 67.8. The van der Waals surface area contributed by atoms with Crippen LogP contribution >= 0.6 is 0 Å². The lowest BCUT2D eigenvalue weighted by atomic mass is 10.0. The van der Waals surface area contributed by atoms with Crippen LogP contribution in [0.2, 0.25) is 0 Å². The van der Waals surface area contributed by atoms with E-state index >= 15 is 0 Å². The van der Waals surface area contributed by atoms with Crippen molar-refractivity contribution >= 4 is 17.9 Å². The summed E-state index contributed by atoms with van der Waals surface area (Å²) in [5.74, 6) is -0.938. The summed E-state index contributed by atoms with van der Waals surface area (Å²) in [6.45, 7) is 6.51. The Morgan fingerprint density at radius 2 is 0.563 bits per heavy atom. The molecule has 1 atom stereocenters. The number of esters is 3. The molecule has 0 aliphatic rings. The summed E-state index contributed by atoms with van der Waals surface area (Å²) in [7, 11) is 0. The molecular formula is C65H114O6. The maximum Gasteiger partial charge on any atom is 0.306 e. The zero-order chi connectivity index (χ0) is 51.4. The van der Waals surface area contributed by atoms with Gasteiger partial charge in [0.1, 0.15) is 13.2 Å². The van der Waals surface area contributed by atoms with Gasteiger partial charge >= 0.3 is 17.9 Å². The van der Waals surface area contributed by atoms with Crippen LogP contribution in [0.5, 0.6) is 0 Å². The van der Waals surface area contributed by atoms with Gasteiger partial charge < -0.3 is 14.2 Å². The molecule has 6 heteroatoms. The maximum absolute atomic E-state index is 12.9. The number of carbonyl (C=O) groups is 3. The normalized spacial score (nSPS) is 12.5. The van der Waals surface area contributed by atoms with Crippen LogP contribution in [0.1, 0.15) is 303 Å². The SMILES string of the molecule is CC/C=C\C/C=C\C/C=C\C/C=C\C/C=C\CCCC(=O)OC[C@H](COC(=O)CCCCCCCCCCCCC/C=C\CCCCCCCC)OC(=O)CCCCCCCCCCCCCCCCC. The summed E-state index contributed by atoms with van der Waals surface area (Å²) < 4.78 is 16.9. The second-order valence-corrected chi connectivity index (χ2v) is 20.2. The molecule has 0 aromatic rings. The van der Waals surface area contributed by atoms with Crippen molar-refractivity contribution in [2.75, 3.05) is 13.2 Å². The fourth-order valence-corrected chi connectivity index (χ4v) is 8.65. The minimum absolute atomic E-state index is 0.0906. The summed E-state index contributed by atoms with van der Waals surface area (Å²) in [4.78, 5) is 38.2. The molecule has 0 aromatic heterocycles. The Balaban J connectivity index is 4.40. The highest BCUT2D eigenvalue weighted by molar-refractivity contribution is 5.71. The van der Waals surface area contributed by atoms with E-state index in [0.717, 1.165) is 77.0 Å². The van der Waals surface area contributed by atoms with Crippen molar-refractivity contribution in [2.45, 2.75) is 309 Å². The van der Waals surface area contributed by atoms with Crippen LogP contribution in [0, 0.1) is 0 Å². The van der Waals surface area contributed by atoms with Crippen molar-refractivity contribution in [3.8, 4) is 0 Å². The Morgan fingerprint density at radius 1 is 0.296 bits per heavy atom. The highest BCUT2D eigenvalue weighted by Crippen LogP contribution is 2.16. The first-order chi connectivity index (χ1) is 35.0. The van der Waals surface area contributed by atoms with Gasteiger partial charge in [-0.25, -0.2) is 0 Å². The Hall–Kier alpha value is -3.15. The summed E-state index contributed by atoms with van der Waals surface area (Å²) in [6.07, 6.45) is 76.2. The van der Waals surface area contributed by atoms with Crippen molar-refractivity contribution < 1.29 is 28.6 Å². The molecule has 0 radical (unpaired) electrons. The van der Waals surface area contributed by atoms with Gasteiger partial charge in [-0.15, -0.1) is 0 Å². The topological polar surface area (TPSA) is 78.9 Å². The summed E-state index contributed by atoms with van der Waals surface area (Å²) in [5, 5.41) is 0. The monoisotopic (exact) mass is 991 g/mol. The third-order valence-corrected chi connectivity index (χ3v) is 13.2. The summed E-state index contributed by atoms with van der Waals surface area (Å²) in [6, 6.07) is 0. The molecular weight excluding hydrogens is 877 g/mol. The Bertz CT molecular complexity index is 1320. The molecule has 0 saturated heterocycles. The molecule has 0 spiro atoms. The van der Waals surface area contributed by atoms with Crippen molar-refractivity contribution in [2.24, 2.45) is 0 Å². The minimum Gasteiger partial charge on any atom is -0.462 e. The van der Waals surface area contributed by atoms with E-state index in [1.807, 2.05) is 0 Å². The van der Waals surface area contributed by atoms with Crippen molar-refractivity contribution in [3.63, 3.8) is 0 Å². The van der Waals surface area contributed by atoms with Gasteiger partial charge in [-0.2, -0.15) is 0 Å². The van der Waals surface area contributed by atoms with Gasteiger partial charge in [-0.05, 0) is 83.5 Å². The molecule has 0 amide bonds. The van der Waals surface area contributed by atoms with E-state index in [9.17, 15) is 14.4 Å². The number of rotatable bonds is 55. The van der Waals surface area contributed by atoms with E-state index in [1.54, 1.807) is 0 Å². The molecule has 0 saturated carbocycles. The van der Waals surface area contributed by atoms with E-state index in [2.05, 4.69) is 93.7 Å². The minimum atomic E-state index is -0.797. The predicted octanol–water partition coefficient (Wildman–Crippen LogP) is 20.5. The molecule has 71 heavy (non-hydrogen) atoms. The van der Waals surface area contributed by atoms with Gasteiger partial charge in [-0.1, -0.05) is 273 Å². The van der Waals surface area contributed by atoms with E-state index in [4.69, 9.17) is 14.2 Å². The molecule has 0 aromatic carbocycles. The highest BCUT2D eigenvalue weighted by Gasteiger charge is 2.19. The lowest BCUT2D eigenvalue weighted by molar-refractivity contribution is -0.167. The Kier molecular flexibility index (Phi) is 56.8. The second-order valence-electron chi connectivity index (χ2n) is 20.2. The van der Waals surface area contributed by atoms with E-state index < -0.39 is 6.10 Å². The lowest BCUT2D eigenvalue weighted by Gasteiger charge is -2.18. The van der Waals surface area contributed by atoms with Crippen LogP contribution in [0.15, 0.2) is 72.9 Å². The molecule has 0 unspecified atom stereocenters. The number of ether oxygens (including phenoxy) is 3. The van der Waals surface area contributed by atoms with Crippen LogP contribution in [0.3, 0.4) is 0 Å². The van der Waals surface area contributed by atoms with Crippen LogP contribution in [-0.2, 0) is 28.6 Å². The van der Waals surface area contributed by atoms with Crippen LogP contribution < -0.4 is 0 Å². The molecule has 0 fully saturated rings. The van der Waals surface area contributed by atoms with Gasteiger partial charge in [0.15, 0.2) is 6.10 Å². The quantitative estimate of drug-likeness (QED) is 0.0261. The highest BCUT2D eigenvalue weighted by atomic mass is 16.6. The fraction of sp³-hybridized carbons (Fsp3) is 0.769. The standard InChI is InChI=1S/C65H114O6/c1-4-7-10-13-16-19-22-25-28-30-31-32-33-35-38-40-43-46-49-52-55-58-64(67)70-61-62(71-65(68)59-56-53-50-47-44-41-36-27-24-21-18-15-12-9-6-3)60-69-63(66)57-54-51-48-45-42-39-37-34-29-26-23-20-17-14-11-8-5-2/h8,11,17,20,25-26,28-29,37,39,45,48,62H,4-7,9-10,12-16,18-19,21-24,27,30-36,38,40-44,46-47,49-61H2,1-3H3/b11-8-,20-17-,28-25-,29-26-,39-37-,48-45-/t62-/m1/s1. The first-order valence-electron chi connectivity index (χ1n) is 30.4. The number of carbonyl (C=O) groups excluding carboxylic acids is 3. The number of allylic oxidation sites excluding steroid dienone is 12. The zero-order valence-corrected chi connectivity index (χ0v) is 47.0. The zero-order valence-electron chi connectivity index (χ0n) is 47.0. The molecule has 0 heterocycles. The third kappa shape index (κ3) is 57.6. The molecule has 0 aliphatic carbocycles. The second kappa shape index (κ2) is 59.4. The maximum atomic E-state index is 12.9. The lowest BCUT2D eigenvalue weighted by Crippen LogP contribution is -2.30. The van der Waals surface area contributed by atoms with Gasteiger partial charge in [0.05, 0.1) is 0 Å². The van der Waals surface area contributed by atoms with Gasteiger partial charge in [0.25, 0.3) is 0 Å². The number of unbranched alkanes of at least 4 members (excludes halogenated alkanes) is 32. The first-order valence-corrected chi connectivity index (χ1v) is 30.4. The number of hydrogen-bond acceptors (Lipinski definition) is 6. The average molecular weight is 992 g/mol. The molecule has 0 aliphatic heterocycles. The number of hydrogen-bond donors (Lipinski definition) is 0. The third-order valence-electron chi connectivity index (χ3n) is 13.2. The average Bonchev–Trinajstić information content (AvgIpc) is 3.37. The molecule has 0 rings (SSSR count). The molecule has 0 bridgehead atoms. The Morgan fingerprint density at radius 3 is 0.930 bits per heavy atom. The summed E-state index contributed by atoms with van der Waals surface area (Å²) >= 11 is 0. The van der Waals surface area contributed by atoms with Gasteiger partial charge in [0, 0.05) is 19.3 Å². The van der Waals surface area contributed by atoms with E-state index in [1.165, 1.54) is 180 Å². The summed E-state index contributed by atoms with van der Waals surface area (Å²) in [5.41, 5.74) is 0. The van der Waals surface area contributed by atoms with Gasteiger partial charge in [0.2, 0.25) is 0 Å². The molecule has 6 nitrogen and oxygen atoms in total. The van der Waals surface area contributed by atoms with Crippen LogP contribution in [0.25, 0.3) is 0 Å². The molecule has 410 valence electrons. The van der Waals surface area contributed by atoms with E-state index in [0.29, 0.717) is 19.3 Å². The van der Waals surface area contributed by atoms with Crippen molar-refractivity contribution in [1.82, 2.24) is 0 Å². The van der Waals surface area contributed by atoms with Crippen molar-refractivity contribution in [3.05, 3.63) is 72.9 Å². The molecule has 0 N–H and O–H groups in total.